The van der Waals surface area contributed by atoms with Gasteiger partial charge in [-0.1, -0.05) is 20.3 Å². The molecule has 0 aromatic heterocycles. The van der Waals surface area contributed by atoms with Crippen LogP contribution in [-0.4, -0.2) is 37.1 Å². The molecular weight excluding hydrogens is 172 g/mol. The standard InChI is InChI=1S/C12H24N2/c1-3-10(2)9-14-6-4-5-11-7-13-8-12(11)14/h10-13H,3-9H2,1-2H3. The average Bonchev–Trinajstić information content (AvgIpc) is 2.66. The summed E-state index contributed by atoms with van der Waals surface area (Å²) in [4.78, 5) is 2.74. The van der Waals surface area contributed by atoms with Crippen molar-refractivity contribution in [2.24, 2.45) is 11.8 Å². The zero-order valence-electron chi connectivity index (χ0n) is 9.63. The van der Waals surface area contributed by atoms with E-state index < -0.39 is 0 Å². The van der Waals surface area contributed by atoms with Gasteiger partial charge in [0.25, 0.3) is 0 Å². The maximum atomic E-state index is 3.54. The first-order chi connectivity index (χ1) is 6.81. The Kier molecular flexibility index (Phi) is 3.45. The van der Waals surface area contributed by atoms with Crippen molar-refractivity contribution in [3.8, 4) is 0 Å². The van der Waals surface area contributed by atoms with Crippen molar-refractivity contribution in [3.05, 3.63) is 0 Å². The minimum atomic E-state index is 0.859. The zero-order valence-corrected chi connectivity index (χ0v) is 9.63. The van der Waals surface area contributed by atoms with Crippen LogP contribution in [0.5, 0.6) is 0 Å². The van der Waals surface area contributed by atoms with Crippen molar-refractivity contribution in [1.29, 1.82) is 0 Å². The molecule has 2 nitrogen and oxygen atoms in total. The molecule has 0 aliphatic carbocycles. The summed E-state index contributed by atoms with van der Waals surface area (Å²) in [6.45, 7) is 9.85. The molecule has 0 amide bonds. The van der Waals surface area contributed by atoms with Gasteiger partial charge in [0.15, 0.2) is 0 Å². The van der Waals surface area contributed by atoms with Gasteiger partial charge in [-0.25, -0.2) is 0 Å². The van der Waals surface area contributed by atoms with Crippen LogP contribution in [0, 0.1) is 11.8 Å². The number of hydrogen-bond acceptors (Lipinski definition) is 2. The van der Waals surface area contributed by atoms with E-state index in [0.717, 1.165) is 17.9 Å². The molecule has 0 aromatic rings. The molecule has 2 heterocycles. The molecule has 0 radical (unpaired) electrons. The van der Waals surface area contributed by atoms with Crippen LogP contribution in [0.25, 0.3) is 0 Å². The lowest BCUT2D eigenvalue weighted by molar-refractivity contribution is 0.107. The van der Waals surface area contributed by atoms with E-state index in [0.29, 0.717) is 0 Å². The molecule has 2 aliphatic rings. The molecule has 0 bridgehead atoms. The summed E-state index contributed by atoms with van der Waals surface area (Å²) in [5.41, 5.74) is 0. The summed E-state index contributed by atoms with van der Waals surface area (Å²) in [7, 11) is 0. The number of fused-ring (bicyclic) bond motifs is 1. The van der Waals surface area contributed by atoms with Crippen LogP contribution in [0.1, 0.15) is 33.1 Å². The first-order valence-electron chi connectivity index (χ1n) is 6.26. The predicted molar refractivity (Wildman–Crippen MR) is 60.4 cm³/mol. The predicted octanol–water partition coefficient (Wildman–Crippen LogP) is 1.72. The summed E-state index contributed by atoms with van der Waals surface area (Å²) >= 11 is 0. The van der Waals surface area contributed by atoms with Gasteiger partial charge in [0.1, 0.15) is 0 Å². The second-order valence-corrected chi connectivity index (χ2v) is 5.14. The summed E-state index contributed by atoms with van der Waals surface area (Å²) in [5.74, 6) is 1.82. The van der Waals surface area contributed by atoms with Crippen LogP contribution in [0.3, 0.4) is 0 Å². The van der Waals surface area contributed by atoms with Gasteiger partial charge in [0.2, 0.25) is 0 Å². The SMILES string of the molecule is CCC(C)CN1CCCC2CNCC21. The van der Waals surface area contributed by atoms with E-state index >= 15 is 0 Å². The molecule has 2 rings (SSSR count). The monoisotopic (exact) mass is 196 g/mol. The third-order valence-corrected chi connectivity index (χ3v) is 4.04. The molecule has 2 fully saturated rings. The van der Waals surface area contributed by atoms with Gasteiger partial charge < -0.3 is 5.32 Å². The Balaban J connectivity index is 1.90. The van der Waals surface area contributed by atoms with E-state index in [1.807, 2.05) is 0 Å². The van der Waals surface area contributed by atoms with Crippen LogP contribution in [-0.2, 0) is 0 Å². The molecule has 1 N–H and O–H groups in total. The van der Waals surface area contributed by atoms with Crippen molar-refractivity contribution < 1.29 is 0 Å². The van der Waals surface area contributed by atoms with Gasteiger partial charge in [-0.05, 0) is 37.8 Å². The zero-order chi connectivity index (χ0) is 9.97. The first kappa shape index (κ1) is 10.4. The second kappa shape index (κ2) is 4.63. The average molecular weight is 196 g/mol. The molecule has 0 aromatic carbocycles. The quantitative estimate of drug-likeness (QED) is 0.739. The maximum Gasteiger partial charge on any atom is 0.0261 e. The van der Waals surface area contributed by atoms with Gasteiger partial charge in [0.05, 0.1) is 0 Å². The molecule has 0 saturated carbocycles. The van der Waals surface area contributed by atoms with Crippen molar-refractivity contribution in [2.75, 3.05) is 26.2 Å². The van der Waals surface area contributed by atoms with Crippen molar-refractivity contribution in [1.82, 2.24) is 10.2 Å². The second-order valence-electron chi connectivity index (χ2n) is 5.14. The smallest absolute Gasteiger partial charge is 0.0261 e. The fourth-order valence-electron chi connectivity index (χ4n) is 2.92. The lowest BCUT2D eigenvalue weighted by Gasteiger charge is -2.38. The number of piperidine rings is 1. The summed E-state index contributed by atoms with van der Waals surface area (Å²) < 4.78 is 0. The van der Waals surface area contributed by atoms with Crippen LogP contribution in [0.15, 0.2) is 0 Å². The van der Waals surface area contributed by atoms with Gasteiger partial charge in [-0.2, -0.15) is 0 Å². The van der Waals surface area contributed by atoms with Gasteiger partial charge in [0, 0.05) is 19.1 Å². The molecule has 2 saturated heterocycles. The fourth-order valence-corrected chi connectivity index (χ4v) is 2.92. The lowest BCUT2D eigenvalue weighted by Crippen LogP contribution is -2.46. The van der Waals surface area contributed by atoms with Crippen LogP contribution in [0.2, 0.25) is 0 Å². The normalized spacial score (nSPS) is 35.6. The highest BCUT2D eigenvalue weighted by Crippen LogP contribution is 2.27. The van der Waals surface area contributed by atoms with Crippen LogP contribution in [0.4, 0.5) is 0 Å². The van der Waals surface area contributed by atoms with Gasteiger partial charge in [-0.3, -0.25) is 4.90 Å². The van der Waals surface area contributed by atoms with E-state index in [-0.39, 0.29) is 0 Å². The Morgan fingerprint density at radius 2 is 2.29 bits per heavy atom. The minimum Gasteiger partial charge on any atom is -0.315 e. The summed E-state index contributed by atoms with van der Waals surface area (Å²) in [6, 6.07) is 0.859. The molecular formula is C12H24N2. The van der Waals surface area contributed by atoms with Crippen molar-refractivity contribution >= 4 is 0 Å². The number of nitrogens with one attached hydrogen (secondary N) is 1. The van der Waals surface area contributed by atoms with E-state index in [4.69, 9.17) is 0 Å². The summed E-state index contributed by atoms with van der Waals surface area (Å²) in [5, 5.41) is 3.54. The highest BCUT2D eigenvalue weighted by atomic mass is 15.2. The minimum absolute atomic E-state index is 0.859. The van der Waals surface area contributed by atoms with Crippen molar-refractivity contribution in [3.63, 3.8) is 0 Å². The summed E-state index contributed by atoms with van der Waals surface area (Å²) in [6.07, 6.45) is 4.19. The number of nitrogens with zero attached hydrogens (tertiary/aromatic N) is 1. The Morgan fingerprint density at radius 3 is 3.07 bits per heavy atom. The highest BCUT2D eigenvalue weighted by Gasteiger charge is 2.34. The van der Waals surface area contributed by atoms with Gasteiger partial charge >= 0.3 is 0 Å². The number of likely N-dealkylation sites (tertiary alicyclic amines) is 1. The lowest BCUT2D eigenvalue weighted by atomic mass is 9.91. The first-order valence-corrected chi connectivity index (χ1v) is 6.26. The number of rotatable bonds is 3. The Bertz CT molecular complexity index is 181. The third kappa shape index (κ3) is 2.12. The van der Waals surface area contributed by atoms with E-state index in [9.17, 15) is 0 Å². The molecule has 0 spiro atoms. The Labute approximate surface area is 88.1 Å². The molecule has 3 unspecified atom stereocenters. The number of hydrogen-bond donors (Lipinski definition) is 1. The largest absolute Gasteiger partial charge is 0.315 e. The maximum absolute atomic E-state index is 3.54. The van der Waals surface area contributed by atoms with E-state index in [1.54, 1.807) is 0 Å². The molecule has 82 valence electrons. The molecule has 3 atom stereocenters. The highest BCUT2D eigenvalue weighted by molar-refractivity contribution is 4.92. The van der Waals surface area contributed by atoms with Crippen LogP contribution >= 0.6 is 0 Å². The van der Waals surface area contributed by atoms with E-state index in [2.05, 4.69) is 24.1 Å². The Hall–Kier alpha value is -0.0800. The third-order valence-electron chi connectivity index (χ3n) is 4.04. The van der Waals surface area contributed by atoms with E-state index in [1.165, 1.54) is 45.4 Å². The van der Waals surface area contributed by atoms with Crippen LogP contribution < -0.4 is 5.32 Å². The molecule has 2 aliphatic heterocycles. The van der Waals surface area contributed by atoms with Crippen molar-refractivity contribution in [2.45, 2.75) is 39.2 Å². The fraction of sp³-hybridized carbons (Fsp3) is 1.00. The molecule has 2 heteroatoms. The topological polar surface area (TPSA) is 15.3 Å². The Morgan fingerprint density at radius 1 is 1.43 bits per heavy atom. The van der Waals surface area contributed by atoms with Gasteiger partial charge in [-0.15, -0.1) is 0 Å². The molecule has 14 heavy (non-hydrogen) atoms.